The third-order valence-electron chi connectivity index (χ3n) is 0. The van der Waals surface area contributed by atoms with E-state index in [9.17, 15) is 0 Å². The topological polar surface area (TPSA) is 0 Å². The van der Waals surface area contributed by atoms with E-state index < -0.39 is 0 Å². The van der Waals surface area contributed by atoms with Crippen molar-refractivity contribution in [2.24, 2.45) is 0 Å². The molecule has 0 aliphatic carbocycles. The molecule has 64 valence electrons. The van der Waals surface area contributed by atoms with Crippen LogP contribution in [0.3, 0.4) is 0 Å². The van der Waals surface area contributed by atoms with Gasteiger partial charge in [0.25, 0.3) is 0 Å². The SMILES string of the molecule is CC.CC.[CH3-].[CH3-].[CH3-].[Y].[Y].[Y].[Y]. The molecule has 0 atom stereocenters. The smallest absolute Gasteiger partial charge is 0 e. The number of rotatable bonds is 0. The van der Waals surface area contributed by atoms with E-state index in [2.05, 4.69) is 0 Å². The van der Waals surface area contributed by atoms with E-state index in [4.69, 9.17) is 0 Å². The van der Waals surface area contributed by atoms with Gasteiger partial charge in [-0.25, -0.2) is 0 Å². The zero-order chi connectivity index (χ0) is 4.00. The van der Waals surface area contributed by atoms with Crippen molar-refractivity contribution in [2.45, 2.75) is 27.7 Å². The summed E-state index contributed by atoms with van der Waals surface area (Å²) in [5.41, 5.74) is 0. The van der Waals surface area contributed by atoms with E-state index in [-0.39, 0.29) is 153 Å². The van der Waals surface area contributed by atoms with E-state index in [1.165, 1.54) is 0 Å². The zero-order valence-corrected chi connectivity index (χ0v) is 20.7. The first-order valence-electron chi connectivity index (χ1n) is 2.00. The Kier molecular flexibility index (Phi) is 942. The molecule has 0 aromatic heterocycles. The molecule has 0 N–H and O–H groups in total. The maximum Gasteiger partial charge on any atom is 0 e. The molecule has 0 heterocycles. The second kappa shape index (κ2) is 133. The molecule has 0 aliphatic heterocycles. The number of hydrogen-bond acceptors (Lipinski definition) is 0. The molecule has 4 radical (unpaired) electrons. The third kappa shape index (κ3) is 114. The predicted octanol–water partition coefficient (Wildman–Crippen LogP) is 3.39. The van der Waals surface area contributed by atoms with Crippen LogP contribution in [-0.4, -0.2) is 0 Å². The van der Waals surface area contributed by atoms with Crippen LogP contribution in [0, 0.1) is 22.3 Å². The fraction of sp³-hybridized carbons (Fsp3) is 0.571. The second-order valence-corrected chi connectivity index (χ2v) is 0. The summed E-state index contributed by atoms with van der Waals surface area (Å²) in [7, 11) is 0. The van der Waals surface area contributed by atoms with Crippen molar-refractivity contribution in [3.8, 4) is 0 Å². The molecule has 0 nitrogen and oxygen atoms in total. The average Bonchev–Trinajstić information content (AvgIpc) is 1.50. The van der Waals surface area contributed by atoms with E-state index in [1.54, 1.807) is 0 Å². The van der Waals surface area contributed by atoms with Crippen molar-refractivity contribution in [1.29, 1.82) is 0 Å². The van der Waals surface area contributed by atoms with Crippen molar-refractivity contribution < 1.29 is 131 Å². The molecule has 0 aliphatic rings. The van der Waals surface area contributed by atoms with Gasteiger partial charge < -0.3 is 22.3 Å². The van der Waals surface area contributed by atoms with Gasteiger partial charge >= 0.3 is 0 Å². The summed E-state index contributed by atoms with van der Waals surface area (Å²) in [5.74, 6) is 0. The van der Waals surface area contributed by atoms with Gasteiger partial charge in [-0.2, -0.15) is 0 Å². The Bertz CT molecular complexity index is 10.4. The molecule has 0 unspecified atom stereocenters. The minimum Gasteiger partial charge on any atom is -0.358 e. The van der Waals surface area contributed by atoms with Crippen LogP contribution in [0.1, 0.15) is 27.7 Å². The van der Waals surface area contributed by atoms with Crippen LogP contribution in [0.25, 0.3) is 0 Å². The van der Waals surface area contributed by atoms with Crippen molar-refractivity contribution in [2.75, 3.05) is 0 Å². The first-order valence-corrected chi connectivity index (χ1v) is 2.00. The molecule has 4 heteroatoms. The van der Waals surface area contributed by atoms with Gasteiger partial charge in [-0.15, -0.1) is 0 Å². The molecule has 0 amide bonds. The first-order chi connectivity index (χ1) is 2.00. The molecule has 0 bridgehead atoms. The van der Waals surface area contributed by atoms with E-state index in [1.807, 2.05) is 27.7 Å². The van der Waals surface area contributed by atoms with Crippen molar-refractivity contribution in [3.63, 3.8) is 0 Å². The largest absolute Gasteiger partial charge is 0.358 e. The fourth-order valence-electron chi connectivity index (χ4n) is 0. The Morgan fingerprint density at radius 1 is 0.364 bits per heavy atom. The van der Waals surface area contributed by atoms with Crippen LogP contribution < -0.4 is 0 Å². The molecular formula is C7H21Y4-3. The predicted molar refractivity (Wildman–Crippen MR) is 41.9 cm³/mol. The van der Waals surface area contributed by atoms with E-state index in [0.29, 0.717) is 0 Å². The summed E-state index contributed by atoms with van der Waals surface area (Å²) < 4.78 is 0. The molecule has 0 saturated carbocycles. The summed E-state index contributed by atoms with van der Waals surface area (Å²) in [6.07, 6.45) is 0. The normalized spacial score (nSPS) is 1.09. The molecule has 0 fully saturated rings. The summed E-state index contributed by atoms with van der Waals surface area (Å²) in [6, 6.07) is 0. The van der Waals surface area contributed by atoms with Gasteiger partial charge in [-0.3, -0.25) is 0 Å². The van der Waals surface area contributed by atoms with Gasteiger partial charge in [0.2, 0.25) is 0 Å². The summed E-state index contributed by atoms with van der Waals surface area (Å²) in [6.45, 7) is 8.00. The standard InChI is InChI=1S/2C2H6.3CH3.4Y/c2*1-2;;;;;;;/h2*1-2H3;3*1H3;;;;/q;;3*-1;;;;. The van der Waals surface area contributed by atoms with Crippen molar-refractivity contribution in [1.82, 2.24) is 0 Å². The monoisotopic (exact) mass is 461 g/mol. The molecule has 0 rings (SSSR count). The Labute approximate surface area is 176 Å². The fourth-order valence-corrected chi connectivity index (χ4v) is 0. The molecule has 0 aromatic rings. The third-order valence-corrected chi connectivity index (χ3v) is 0. The molecule has 0 spiro atoms. The summed E-state index contributed by atoms with van der Waals surface area (Å²) in [5, 5.41) is 0. The van der Waals surface area contributed by atoms with Crippen LogP contribution in [-0.2, 0) is 131 Å². The van der Waals surface area contributed by atoms with Crippen LogP contribution in [0.2, 0.25) is 0 Å². The Morgan fingerprint density at radius 2 is 0.364 bits per heavy atom. The van der Waals surface area contributed by atoms with E-state index in [0.717, 1.165) is 0 Å². The van der Waals surface area contributed by atoms with E-state index >= 15 is 0 Å². The van der Waals surface area contributed by atoms with Crippen LogP contribution >= 0.6 is 0 Å². The molecule has 11 heavy (non-hydrogen) atoms. The summed E-state index contributed by atoms with van der Waals surface area (Å²) in [4.78, 5) is 0. The number of hydrogen-bond donors (Lipinski definition) is 0. The Balaban J connectivity index is -0.000000000635. The molecule has 0 saturated heterocycles. The maximum atomic E-state index is 2.00. The van der Waals surface area contributed by atoms with Gasteiger partial charge in [-0.05, 0) is 0 Å². The van der Waals surface area contributed by atoms with Gasteiger partial charge in [-0.1, -0.05) is 27.7 Å². The maximum absolute atomic E-state index is 2.00. The van der Waals surface area contributed by atoms with Crippen LogP contribution in [0.5, 0.6) is 0 Å². The first kappa shape index (κ1) is 77.8. The van der Waals surface area contributed by atoms with Gasteiger partial charge in [0, 0.05) is 131 Å². The Hall–Kier alpha value is 4.42. The zero-order valence-electron chi connectivity index (χ0n) is 9.31. The Morgan fingerprint density at radius 3 is 0.364 bits per heavy atom. The average molecular weight is 461 g/mol. The van der Waals surface area contributed by atoms with Crippen LogP contribution in [0.4, 0.5) is 0 Å². The minimum absolute atomic E-state index is 0. The van der Waals surface area contributed by atoms with Gasteiger partial charge in [0.1, 0.15) is 0 Å². The second-order valence-electron chi connectivity index (χ2n) is 0. The van der Waals surface area contributed by atoms with Crippen molar-refractivity contribution in [3.05, 3.63) is 22.3 Å². The molecular weight excluding hydrogens is 440 g/mol. The van der Waals surface area contributed by atoms with Gasteiger partial charge in [0.05, 0.1) is 0 Å². The summed E-state index contributed by atoms with van der Waals surface area (Å²) >= 11 is 0. The van der Waals surface area contributed by atoms with Gasteiger partial charge in [0.15, 0.2) is 0 Å². The minimum atomic E-state index is 0. The van der Waals surface area contributed by atoms with Crippen molar-refractivity contribution >= 4 is 0 Å². The quantitative estimate of drug-likeness (QED) is 0.486. The van der Waals surface area contributed by atoms with Crippen LogP contribution in [0.15, 0.2) is 0 Å². The molecule has 0 aromatic carbocycles.